The molecule has 3 rings (SSSR count). The van der Waals surface area contributed by atoms with Crippen LogP contribution in [0.25, 0.3) is 11.3 Å². The number of carboxylic acid groups (broad SMARTS) is 1. The Bertz CT molecular complexity index is 1210. The van der Waals surface area contributed by atoms with Gasteiger partial charge in [0, 0.05) is 31.1 Å². The summed E-state index contributed by atoms with van der Waals surface area (Å²) in [4.78, 5) is 21.0. The average molecular weight is 464 g/mol. The van der Waals surface area contributed by atoms with Gasteiger partial charge in [-0.15, -0.1) is 0 Å². The molecule has 4 N–H and O–H groups in total. The first-order chi connectivity index (χ1) is 15.8. The van der Waals surface area contributed by atoms with Gasteiger partial charge in [-0.3, -0.25) is 4.72 Å². The van der Waals surface area contributed by atoms with Crippen LogP contribution in [0.4, 0.5) is 5.95 Å². The zero-order chi connectivity index (χ0) is 24.0. The quantitative estimate of drug-likeness (QED) is 0.248. The van der Waals surface area contributed by atoms with Gasteiger partial charge in [0.15, 0.2) is 0 Å². The lowest BCUT2D eigenvalue weighted by molar-refractivity contribution is 0.0696. The van der Waals surface area contributed by atoms with Crippen molar-refractivity contribution in [2.45, 2.75) is 20.8 Å². The maximum Gasteiger partial charge on any atom is 0.335 e. The maximum absolute atomic E-state index is 11.2. The molecule has 0 amide bonds. The van der Waals surface area contributed by atoms with Crippen molar-refractivity contribution in [2.75, 3.05) is 11.8 Å². The zero-order valence-electron chi connectivity index (χ0n) is 18.8. The van der Waals surface area contributed by atoms with E-state index in [1.165, 1.54) is 24.2 Å². The van der Waals surface area contributed by atoms with Crippen LogP contribution in [0.3, 0.4) is 0 Å². The van der Waals surface area contributed by atoms with Gasteiger partial charge in [0.2, 0.25) is 11.8 Å². The van der Waals surface area contributed by atoms with Crippen LogP contribution in [-0.2, 0) is 0 Å². The first-order valence-corrected chi connectivity index (χ1v) is 10.9. The number of aryl methyl sites for hydroxylation is 3. The Morgan fingerprint density at radius 1 is 1.09 bits per heavy atom. The molecule has 33 heavy (non-hydrogen) atoms. The van der Waals surface area contributed by atoms with Gasteiger partial charge in [-0.2, -0.15) is 4.98 Å². The molecular formula is C24H25N5O3S. The number of aromatic nitrogens is 2. The molecule has 0 unspecified atom stereocenters. The third-order valence-corrected chi connectivity index (χ3v) is 5.52. The van der Waals surface area contributed by atoms with Crippen molar-refractivity contribution in [3.63, 3.8) is 0 Å². The van der Waals surface area contributed by atoms with Crippen LogP contribution in [0.5, 0.6) is 11.6 Å². The molecule has 0 atom stereocenters. The number of carbonyl (C=O) groups is 1. The number of hydrogen-bond acceptors (Lipinski definition) is 8. The van der Waals surface area contributed by atoms with Crippen LogP contribution in [0.15, 0.2) is 53.6 Å². The molecule has 0 radical (unpaired) electrons. The summed E-state index contributed by atoms with van der Waals surface area (Å²) in [6, 6.07) is 12.5. The number of rotatable bonds is 9. The molecule has 8 nitrogen and oxygen atoms in total. The molecule has 3 aromatic rings. The van der Waals surface area contributed by atoms with Crippen LogP contribution in [0, 0.1) is 26.2 Å². The predicted octanol–water partition coefficient (Wildman–Crippen LogP) is 5.33. The van der Waals surface area contributed by atoms with E-state index in [4.69, 9.17) is 10.1 Å². The Balaban J connectivity index is 2.03. The molecule has 0 bridgehead atoms. The molecule has 9 heteroatoms. The van der Waals surface area contributed by atoms with Gasteiger partial charge in [0.05, 0.1) is 16.2 Å². The highest BCUT2D eigenvalue weighted by Gasteiger charge is 2.14. The molecular weight excluding hydrogens is 438 g/mol. The number of nitrogens with zero attached hydrogens (tertiary/aromatic N) is 2. The second-order valence-electron chi connectivity index (χ2n) is 7.25. The van der Waals surface area contributed by atoms with Crippen LogP contribution in [0.2, 0.25) is 0 Å². The fourth-order valence-electron chi connectivity index (χ4n) is 3.23. The summed E-state index contributed by atoms with van der Waals surface area (Å²) in [7, 11) is 1.76. The molecule has 1 heterocycles. The van der Waals surface area contributed by atoms with E-state index in [1.807, 2.05) is 32.0 Å². The highest BCUT2D eigenvalue weighted by Crippen LogP contribution is 2.32. The Labute approximate surface area is 196 Å². The monoisotopic (exact) mass is 463 g/mol. The predicted molar refractivity (Wildman–Crippen MR) is 132 cm³/mol. The van der Waals surface area contributed by atoms with Crippen molar-refractivity contribution in [2.24, 2.45) is 0 Å². The maximum atomic E-state index is 11.2. The number of nitrogens with one attached hydrogen (secondary N) is 3. The second-order valence-corrected chi connectivity index (χ2v) is 8.13. The first kappa shape index (κ1) is 23.8. The lowest BCUT2D eigenvalue weighted by Gasteiger charge is -2.14. The minimum Gasteiger partial charge on any atom is -0.478 e. The molecule has 0 aliphatic rings. The fourth-order valence-corrected chi connectivity index (χ4v) is 3.76. The summed E-state index contributed by atoms with van der Waals surface area (Å²) < 4.78 is 9.11. The van der Waals surface area contributed by atoms with E-state index in [-0.39, 0.29) is 5.56 Å². The van der Waals surface area contributed by atoms with Gasteiger partial charge in [-0.25, -0.2) is 9.78 Å². The Kier molecular flexibility index (Phi) is 7.68. The second kappa shape index (κ2) is 10.6. The summed E-state index contributed by atoms with van der Waals surface area (Å²) in [5, 5.41) is 19.6. The first-order valence-electron chi connectivity index (χ1n) is 10.1. The smallest absolute Gasteiger partial charge is 0.335 e. The van der Waals surface area contributed by atoms with Gasteiger partial charge in [0.1, 0.15) is 5.75 Å². The standard InChI is InChI=1S/C24H25N5O3S/c1-14-6-5-7-15(2)22(14)19-11-21(28-24(27-19)29-33-18(12-25)13-26-4)32-20-9-8-17(23(30)31)10-16(20)3/h5-13,25-26H,1-4H3,(H,30,31)(H,27,28,29)/b18-13+,25-12?. The number of benzene rings is 2. The number of carboxylic acids is 1. The molecule has 2 aromatic carbocycles. The normalized spacial score (nSPS) is 11.1. The topological polar surface area (TPSA) is 120 Å². The van der Waals surface area contributed by atoms with E-state index in [0.717, 1.165) is 16.7 Å². The molecule has 0 saturated carbocycles. The van der Waals surface area contributed by atoms with Gasteiger partial charge in [-0.05, 0) is 67.6 Å². The third-order valence-electron chi connectivity index (χ3n) is 4.77. The molecule has 0 saturated heterocycles. The van der Waals surface area contributed by atoms with Crippen molar-refractivity contribution >= 4 is 30.1 Å². The van der Waals surface area contributed by atoms with E-state index in [0.29, 0.717) is 33.7 Å². The van der Waals surface area contributed by atoms with E-state index < -0.39 is 5.97 Å². The largest absolute Gasteiger partial charge is 0.478 e. The van der Waals surface area contributed by atoms with Crippen molar-refractivity contribution in [3.05, 3.63) is 75.8 Å². The van der Waals surface area contributed by atoms with E-state index in [1.54, 1.807) is 38.4 Å². The molecule has 0 spiro atoms. The molecule has 0 aliphatic heterocycles. The van der Waals surface area contributed by atoms with Gasteiger partial charge < -0.3 is 20.6 Å². The highest BCUT2D eigenvalue weighted by molar-refractivity contribution is 8.05. The summed E-state index contributed by atoms with van der Waals surface area (Å²) in [5.41, 5.74) is 4.66. The number of allylic oxidation sites excluding steroid dienone is 1. The summed E-state index contributed by atoms with van der Waals surface area (Å²) in [5.74, 6) is 0.133. The van der Waals surface area contributed by atoms with Crippen LogP contribution >= 0.6 is 11.9 Å². The number of aromatic carboxylic acids is 1. The van der Waals surface area contributed by atoms with Gasteiger partial charge in [-0.1, -0.05) is 18.2 Å². The van der Waals surface area contributed by atoms with Crippen molar-refractivity contribution in [1.82, 2.24) is 15.3 Å². The molecule has 1 aromatic heterocycles. The van der Waals surface area contributed by atoms with Crippen LogP contribution < -0.4 is 14.8 Å². The van der Waals surface area contributed by atoms with E-state index in [2.05, 4.69) is 20.0 Å². The van der Waals surface area contributed by atoms with Gasteiger partial charge in [0.25, 0.3) is 0 Å². The summed E-state index contributed by atoms with van der Waals surface area (Å²) in [6.45, 7) is 5.82. The molecule has 170 valence electrons. The highest BCUT2D eigenvalue weighted by atomic mass is 32.2. The Morgan fingerprint density at radius 3 is 2.42 bits per heavy atom. The number of anilines is 1. The average Bonchev–Trinajstić information content (AvgIpc) is 2.77. The molecule has 0 aliphatic carbocycles. The van der Waals surface area contributed by atoms with E-state index >= 15 is 0 Å². The lowest BCUT2D eigenvalue weighted by Crippen LogP contribution is -2.03. The number of hydrogen-bond donors (Lipinski definition) is 4. The minimum atomic E-state index is -0.996. The van der Waals surface area contributed by atoms with Crippen LogP contribution in [-0.4, -0.2) is 34.3 Å². The Morgan fingerprint density at radius 2 is 1.82 bits per heavy atom. The SMILES string of the molecule is CN/C=C(\C=N)SNc1nc(Oc2ccc(C(=O)O)cc2C)cc(-c2c(C)cccc2C)n1. The van der Waals surface area contributed by atoms with Crippen molar-refractivity contribution in [3.8, 4) is 22.9 Å². The zero-order valence-corrected chi connectivity index (χ0v) is 19.6. The fraction of sp³-hybridized carbons (Fsp3) is 0.167. The summed E-state index contributed by atoms with van der Waals surface area (Å²) in [6.07, 6.45) is 2.90. The van der Waals surface area contributed by atoms with E-state index in [9.17, 15) is 9.90 Å². The molecule has 0 fully saturated rings. The summed E-state index contributed by atoms with van der Waals surface area (Å²) >= 11 is 1.19. The van der Waals surface area contributed by atoms with Crippen molar-refractivity contribution in [1.29, 1.82) is 5.41 Å². The number of ether oxygens (including phenoxy) is 1. The third kappa shape index (κ3) is 5.89. The Hall–Kier alpha value is -3.85. The minimum absolute atomic E-state index is 0.188. The lowest BCUT2D eigenvalue weighted by atomic mass is 10.00. The van der Waals surface area contributed by atoms with Crippen LogP contribution in [0.1, 0.15) is 27.0 Å². The van der Waals surface area contributed by atoms with Gasteiger partial charge >= 0.3 is 5.97 Å². The van der Waals surface area contributed by atoms with Crippen molar-refractivity contribution < 1.29 is 14.6 Å².